The summed E-state index contributed by atoms with van der Waals surface area (Å²) in [6.07, 6.45) is 1.58. The summed E-state index contributed by atoms with van der Waals surface area (Å²) in [6, 6.07) is 8.05. The van der Waals surface area contributed by atoms with Crippen LogP contribution in [0, 0.1) is 0 Å². The van der Waals surface area contributed by atoms with Gasteiger partial charge >= 0.3 is 0 Å². The molecule has 1 aliphatic rings. The zero-order valence-electron chi connectivity index (χ0n) is 10.4. The van der Waals surface area contributed by atoms with E-state index in [4.69, 9.17) is 4.74 Å². The Morgan fingerprint density at radius 1 is 1.24 bits per heavy atom. The van der Waals surface area contributed by atoms with Crippen LogP contribution in [0.25, 0.3) is 0 Å². The maximum Gasteiger partial charge on any atom is 0.158 e. The van der Waals surface area contributed by atoms with E-state index in [2.05, 4.69) is 6.58 Å². The van der Waals surface area contributed by atoms with Crippen LogP contribution < -0.4 is 4.74 Å². The lowest BCUT2D eigenvalue weighted by atomic mass is 9.97. The molecule has 2 heteroatoms. The average Bonchev–Trinajstić information content (AvgIpc) is 2.59. The van der Waals surface area contributed by atoms with Gasteiger partial charge in [0.2, 0.25) is 0 Å². The number of hydrogen-bond donors (Lipinski definition) is 0. The SMILES string of the molecule is C=C1CC(c2ccc(OC(C)C)cc2)CC1=O. The normalized spacial score (nSPS) is 20.1. The number of benzene rings is 1. The molecule has 0 saturated heterocycles. The fraction of sp³-hybridized carbons (Fsp3) is 0.400. The van der Waals surface area contributed by atoms with E-state index in [0.717, 1.165) is 17.7 Å². The number of allylic oxidation sites excluding steroid dienone is 1. The first-order chi connectivity index (χ1) is 8.06. The zero-order valence-corrected chi connectivity index (χ0v) is 10.4. The molecule has 0 radical (unpaired) electrons. The maximum atomic E-state index is 11.4. The van der Waals surface area contributed by atoms with Crippen molar-refractivity contribution in [1.29, 1.82) is 0 Å². The molecular formula is C15H18O2. The largest absolute Gasteiger partial charge is 0.491 e. The van der Waals surface area contributed by atoms with Crippen LogP contribution in [0.5, 0.6) is 5.75 Å². The van der Waals surface area contributed by atoms with Crippen molar-refractivity contribution in [1.82, 2.24) is 0 Å². The molecular weight excluding hydrogens is 212 g/mol. The number of carbonyl (C=O) groups is 1. The molecule has 90 valence electrons. The van der Waals surface area contributed by atoms with Gasteiger partial charge in [-0.05, 0) is 49.5 Å². The van der Waals surface area contributed by atoms with Gasteiger partial charge in [0, 0.05) is 6.42 Å². The summed E-state index contributed by atoms with van der Waals surface area (Å²) in [5.74, 6) is 1.40. The quantitative estimate of drug-likeness (QED) is 0.743. The summed E-state index contributed by atoms with van der Waals surface area (Å²) < 4.78 is 5.59. The monoisotopic (exact) mass is 230 g/mol. The molecule has 0 aromatic heterocycles. The van der Waals surface area contributed by atoms with Gasteiger partial charge < -0.3 is 4.74 Å². The first-order valence-electron chi connectivity index (χ1n) is 6.04. The summed E-state index contributed by atoms with van der Waals surface area (Å²) in [5, 5.41) is 0. The van der Waals surface area contributed by atoms with Crippen molar-refractivity contribution in [3.63, 3.8) is 0 Å². The van der Waals surface area contributed by atoms with E-state index >= 15 is 0 Å². The van der Waals surface area contributed by atoms with Crippen molar-refractivity contribution in [2.75, 3.05) is 0 Å². The van der Waals surface area contributed by atoms with E-state index in [1.54, 1.807) is 0 Å². The predicted octanol–water partition coefficient (Wildman–Crippen LogP) is 3.48. The molecule has 2 nitrogen and oxygen atoms in total. The van der Waals surface area contributed by atoms with Crippen molar-refractivity contribution in [2.45, 2.75) is 38.7 Å². The Kier molecular flexibility index (Phi) is 3.32. The van der Waals surface area contributed by atoms with E-state index in [1.807, 2.05) is 38.1 Å². The lowest BCUT2D eigenvalue weighted by Gasteiger charge is -2.12. The smallest absolute Gasteiger partial charge is 0.158 e. The van der Waals surface area contributed by atoms with E-state index in [-0.39, 0.29) is 11.9 Å². The topological polar surface area (TPSA) is 26.3 Å². The standard InChI is InChI=1S/C15H18O2/c1-10(2)17-14-6-4-12(5-7-14)13-8-11(3)15(16)9-13/h4-7,10,13H,3,8-9H2,1-2H3. The first kappa shape index (κ1) is 11.9. The first-order valence-corrected chi connectivity index (χ1v) is 6.04. The highest BCUT2D eigenvalue weighted by molar-refractivity contribution is 5.97. The van der Waals surface area contributed by atoms with Crippen molar-refractivity contribution in [3.8, 4) is 5.75 Å². The highest BCUT2D eigenvalue weighted by Gasteiger charge is 2.26. The predicted molar refractivity (Wildman–Crippen MR) is 68.3 cm³/mol. The van der Waals surface area contributed by atoms with E-state index in [9.17, 15) is 4.79 Å². The maximum absolute atomic E-state index is 11.4. The minimum absolute atomic E-state index is 0.189. The van der Waals surface area contributed by atoms with Gasteiger partial charge in [0.05, 0.1) is 6.10 Å². The number of ketones is 1. The molecule has 1 aromatic carbocycles. The van der Waals surface area contributed by atoms with Crippen LogP contribution in [0.4, 0.5) is 0 Å². The summed E-state index contributed by atoms with van der Waals surface area (Å²) in [5.41, 5.74) is 1.96. The van der Waals surface area contributed by atoms with Crippen LogP contribution >= 0.6 is 0 Å². The van der Waals surface area contributed by atoms with Crippen molar-refractivity contribution in [3.05, 3.63) is 42.0 Å². The van der Waals surface area contributed by atoms with Crippen molar-refractivity contribution in [2.24, 2.45) is 0 Å². The number of Topliss-reactive ketones (excluding diaryl/α,β-unsaturated/α-hetero) is 1. The summed E-state index contributed by atoms with van der Waals surface area (Å²) >= 11 is 0. The van der Waals surface area contributed by atoms with Crippen LogP contribution in [0.3, 0.4) is 0 Å². The third kappa shape index (κ3) is 2.76. The Balaban J connectivity index is 2.08. The second-order valence-electron chi connectivity index (χ2n) is 4.87. The van der Waals surface area contributed by atoms with Crippen LogP contribution in [0.2, 0.25) is 0 Å². The van der Waals surface area contributed by atoms with Gasteiger partial charge in [-0.2, -0.15) is 0 Å². The van der Waals surface area contributed by atoms with Gasteiger partial charge in [-0.15, -0.1) is 0 Å². The Morgan fingerprint density at radius 2 is 1.88 bits per heavy atom. The van der Waals surface area contributed by atoms with Gasteiger partial charge in [0.25, 0.3) is 0 Å². The van der Waals surface area contributed by atoms with Crippen LogP contribution in [0.15, 0.2) is 36.4 Å². The van der Waals surface area contributed by atoms with Crippen LogP contribution in [-0.2, 0) is 4.79 Å². The van der Waals surface area contributed by atoms with Gasteiger partial charge in [0.15, 0.2) is 5.78 Å². The third-order valence-corrected chi connectivity index (χ3v) is 3.04. The molecule has 0 heterocycles. The number of ether oxygens (including phenoxy) is 1. The molecule has 1 atom stereocenters. The van der Waals surface area contributed by atoms with E-state index < -0.39 is 0 Å². The Morgan fingerprint density at radius 3 is 2.35 bits per heavy atom. The molecule has 0 bridgehead atoms. The molecule has 0 aliphatic heterocycles. The lowest BCUT2D eigenvalue weighted by molar-refractivity contribution is -0.114. The fourth-order valence-electron chi connectivity index (χ4n) is 2.18. The van der Waals surface area contributed by atoms with E-state index in [0.29, 0.717) is 12.3 Å². The minimum Gasteiger partial charge on any atom is -0.491 e. The van der Waals surface area contributed by atoms with Gasteiger partial charge in [-0.3, -0.25) is 4.79 Å². The van der Waals surface area contributed by atoms with Gasteiger partial charge in [0.1, 0.15) is 5.75 Å². The third-order valence-electron chi connectivity index (χ3n) is 3.04. The summed E-state index contributed by atoms with van der Waals surface area (Å²) in [7, 11) is 0. The van der Waals surface area contributed by atoms with Gasteiger partial charge in [-0.25, -0.2) is 0 Å². The molecule has 1 aliphatic carbocycles. The second-order valence-corrected chi connectivity index (χ2v) is 4.87. The molecule has 2 rings (SSSR count). The van der Waals surface area contributed by atoms with Crippen molar-refractivity contribution < 1.29 is 9.53 Å². The van der Waals surface area contributed by atoms with Crippen molar-refractivity contribution >= 4 is 5.78 Å². The molecule has 17 heavy (non-hydrogen) atoms. The molecule has 1 saturated carbocycles. The summed E-state index contributed by atoms with van der Waals surface area (Å²) in [4.78, 5) is 11.4. The molecule has 0 spiro atoms. The molecule has 1 aromatic rings. The molecule has 1 fully saturated rings. The highest BCUT2D eigenvalue weighted by atomic mass is 16.5. The average molecular weight is 230 g/mol. The Labute approximate surface area is 102 Å². The second kappa shape index (κ2) is 4.74. The van der Waals surface area contributed by atoms with Gasteiger partial charge in [-0.1, -0.05) is 18.7 Å². The summed E-state index contributed by atoms with van der Waals surface area (Å²) in [6.45, 7) is 7.81. The number of hydrogen-bond acceptors (Lipinski definition) is 2. The molecule has 0 N–H and O–H groups in total. The fourth-order valence-corrected chi connectivity index (χ4v) is 2.18. The Hall–Kier alpha value is -1.57. The lowest BCUT2D eigenvalue weighted by Crippen LogP contribution is -2.05. The molecule has 0 amide bonds. The van der Waals surface area contributed by atoms with Crippen LogP contribution in [0.1, 0.15) is 38.2 Å². The number of carbonyl (C=O) groups excluding carboxylic acids is 1. The zero-order chi connectivity index (χ0) is 12.4. The van der Waals surface area contributed by atoms with E-state index in [1.165, 1.54) is 5.56 Å². The number of rotatable bonds is 3. The Bertz CT molecular complexity index is 413. The highest BCUT2D eigenvalue weighted by Crippen LogP contribution is 2.35. The molecule has 1 unspecified atom stereocenters. The van der Waals surface area contributed by atoms with Crippen LogP contribution in [-0.4, -0.2) is 11.9 Å². The minimum atomic E-state index is 0.189.